The Kier molecular flexibility index (Phi) is 3.52. The van der Waals surface area contributed by atoms with Gasteiger partial charge in [-0.05, 0) is 46.6 Å². The van der Waals surface area contributed by atoms with Gasteiger partial charge in [-0.1, -0.05) is 6.92 Å². The van der Waals surface area contributed by atoms with E-state index in [0.717, 1.165) is 26.4 Å². The minimum atomic E-state index is -0.657. The van der Waals surface area contributed by atoms with Crippen molar-refractivity contribution in [3.05, 3.63) is 43.9 Å². The van der Waals surface area contributed by atoms with Crippen molar-refractivity contribution < 1.29 is 9.52 Å². The molecule has 0 fully saturated rings. The van der Waals surface area contributed by atoms with E-state index in [1.165, 1.54) is 0 Å². The number of halogens is 1. The van der Waals surface area contributed by atoms with Crippen molar-refractivity contribution in [3.63, 3.8) is 0 Å². The van der Waals surface area contributed by atoms with E-state index in [9.17, 15) is 5.11 Å². The topological polar surface area (TPSA) is 33.4 Å². The lowest BCUT2D eigenvalue weighted by atomic mass is 10.2. The third kappa shape index (κ3) is 2.24. The van der Waals surface area contributed by atoms with Crippen molar-refractivity contribution in [2.45, 2.75) is 26.4 Å². The van der Waals surface area contributed by atoms with Crippen LogP contribution in [0.4, 0.5) is 0 Å². The summed E-state index contributed by atoms with van der Waals surface area (Å²) in [5.41, 5.74) is 1.14. The summed E-state index contributed by atoms with van der Waals surface area (Å²) < 4.78 is 6.60. The van der Waals surface area contributed by atoms with Gasteiger partial charge in [-0.3, -0.25) is 0 Å². The quantitative estimate of drug-likeness (QED) is 0.927. The molecule has 1 atom stereocenters. The molecule has 0 saturated heterocycles. The molecule has 16 heavy (non-hydrogen) atoms. The van der Waals surface area contributed by atoms with E-state index in [1.807, 2.05) is 32.0 Å². The van der Waals surface area contributed by atoms with Crippen LogP contribution in [0.15, 0.2) is 26.4 Å². The lowest BCUT2D eigenvalue weighted by Crippen LogP contribution is -1.94. The highest BCUT2D eigenvalue weighted by molar-refractivity contribution is 9.11. The van der Waals surface area contributed by atoms with Crippen molar-refractivity contribution in [1.29, 1.82) is 0 Å². The number of hydrogen-bond acceptors (Lipinski definition) is 3. The summed E-state index contributed by atoms with van der Waals surface area (Å²) in [6.45, 7) is 4.04. The zero-order valence-electron chi connectivity index (χ0n) is 9.16. The Hall–Kier alpha value is -0.580. The summed E-state index contributed by atoms with van der Waals surface area (Å²) in [6, 6.07) is 5.73. The Morgan fingerprint density at radius 3 is 2.75 bits per heavy atom. The second-order valence-corrected chi connectivity index (χ2v) is 6.07. The number of aliphatic hydroxyl groups excluding tert-OH is 1. The summed E-state index contributed by atoms with van der Waals surface area (Å²) in [5, 5.41) is 10.1. The predicted octanol–water partition coefficient (Wildman–Crippen LogP) is 4.06. The molecule has 0 bridgehead atoms. The molecular formula is C12H13BrO2S. The van der Waals surface area contributed by atoms with E-state index in [4.69, 9.17) is 4.42 Å². The molecule has 4 heteroatoms. The van der Waals surface area contributed by atoms with Gasteiger partial charge in [-0.25, -0.2) is 0 Å². The van der Waals surface area contributed by atoms with Crippen LogP contribution in [0.3, 0.4) is 0 Å². The smallest absolute Gasteiger partial charge is 0.146 e. The second-order valence-electron chi connectivity index (χ2n) is 3.67. The van der Waals surface area contributed by atoms with Gasteiger partial charge in [0.15, 0.2) is 0 Å². The Bertz CT molecular complexity index is 467. The van der Waals surface area contributed by atoms with Gasteiger partial charge in [-0.15, -0.1) is 11.3 Å². The molecule has 0 radical (unpaired) electrons. The molecule has 0 aliphatic rings. The van der Waals surface area contributed by atoms with Gasteiger partial charge in [0.25, 0.3) is 0 Å². The van der Waals surface area contributed by atoms with E-state index >= 15 is 0 Å². The lowest BCUT2D eigenvalue weighted by molar-refractivity contribution is 0.190. The van der Waals surface area contributed by atoms with Gasteiger partial charge >= 0.3 is 0 Å². The molecule has 0 saturated carbocycles. The molecule has 2 nitrogen and oxygen atoms in total. The van der Waals surface area contributed by atoms with Crippen molar-refractivity contribution in [3.8, 4) is 0 Å². The van der Waals surface area contributed by atoms with Crippen molar-refractivity contribution in [2.24, 2.45) is 0 Å². The minimum absolute atomic E-state index is 0.616. The van der Waals surface area contributed by atoms with Crippen LogP contribution in [0, 0.1) is 6.92 Å². The van der Waals surface area contributed by atoms with Gasteiger partial charge in [0.1, 0.15) is 17.6 Å². The normalized spacial score (nSPS) is 13.0. The van der Waals surface area contributed by atoms with E-state index in [1.54, 1.807) is 11.3 Å². The van der Waals surface area contributed by atoms with Crippen LogP contribution in [0.5, 0.6) is 0 Å². The molecule has 0 amide bonds. The average Bonchev–Trinajstić information content (AvgIpc) is 2.86. The van der Waals surface area contributed by atoms with Crippen LogP contribution in [-0.4, -0.2) is 5.11 Å². The maximum absolute atomic E-state index is 10.1. The van der Waals surface area contributed by atoms with Crippen LogP contribution in [0.25, 0.3) is 0 Å². The number of rotatable bonds is 3. The third-order valence-corrected chi connectivity index (χ3v) is 4.64. The first-order chi connectivity index (χ1) is 7.61. The number of aliphatic hydroxyl groups is 1. The fourth-order valence-corrected chi connectivity index (χ4v) is 3.06. The molecule has 1 unspecified atom stereocenters. The Morgan fingerprint density at radius 2 is 2.25 bits per heavy atom. The Morgan fingerprint density at radius 1 is 1.50 bits per heavy atom. The summed E-state index contributed by atoms with van der Waals surface area (Å²) in [4.78, 5) is 0.904. The molecule has 86 valence electrons. The number of thiophene rings is 1. The van der Waals surface area contributed by atoms with E-state index in [-0.39, 0.29) is 0 Å². The molecule has 0 aliphatic heterocycles. The van der Waals surface area contributed by atoms with Crippen LogP contribution in [0.1, 0.15) is 35.0 Å². The number of hydrogen-bond donors (Lipinski definition) is 1. The first-order valence-electron chi connectivity index (χ1n) is 5.14. The highest BCUT2D eigenvalue weighted by Crippen LogP contribution is 2.34. The van der Waals surface area contributed by atoms with Gasteiger partial charge in [-0.2, -0.15) is 0 Å². The number of aryl methyl sites for hydroxylation is 2. The third-order valence-electron chi connectivity index (χ3n) is 2.45. The van der Waals surface area contributed by atoms with Crippen LogP contribution in [-0.2, 0) is 6.42 Å². The van der Waals surface area contributed by atoms with E-state index < -0.39 is 6.10 Å². The summed E-state index contributed by atoms with van der Waals surface area (Å²) >= 11 is 4.99. The van der Waals surface area contributed by atoms with E-state index in [0.29, 0.717) is 5.76 Å². The van der Waals surface area contributed by atoms with Gasteiger partial charge in [0.05, 0.1) is 3.79 Å². The molecule has 0 aliphatic carbocycles. The summed E-state index contributed by atoms with van der Waals surface area (Å²) in [7, 11) is 0. The van der Waals surface area contributed by atoms with Gasteiger partial charge < -0.3 is 9.52 Å². The standard InChI is InChI=1S/C12H13BrO2S/c1-3-8-4-5-9(15-8)11(14)10-6-7(2)12(13)16-10/h4-6,11,14H,3H2,1-2H3. The molecule has 2 aromatic heterocycles. The van der Waals surface area contributed by atoms with Crippen LogP contribution in [0.2, 0.25) is 0 Å². The highest BCUT2D eigenvalue weighted by Gasteiger charge is 2.17. The second kappa shape index (κ2) is 4.73. The molecule has 2 aromatic rings. The van der Waals surface area contributed by atoms with Crippen LogP contribution < -0.4 is 0 Å². The fraction of sp³-hybridized carbons (Fsp3) is 0.333. The molecule has 2 rings (SSSR count). The molecule has 0 aromatic carbocycles. The minimum Gasteiger partial charge on any atom is -0.463 e. The van der Waals surface area contributed by atoms with Crippen molar-refractivity contribution in [2.75, 3.05) is 0 Å². The Balaban J connectivity index is 2.27. The van der Waals surface area contributed by atoms with Gasteiger partial charge in [0, 0.05) is 11.3 Å². The van der Waals surface area contributed by atoms with Gasteiger partial charge in [0.2, 0.25) is 0 Å². The molecule has 1 N–H and O–H groups in total. The molecule has 2 heterocycles. The monoisotopic (exact) mass is 300 g/mol. The highest BCUT2D eigenvalue weighted by atomic mass is 79.9. The van der Waals surface area contributed by atoms with Crippen LogP contribution >= 0.6 is 27.3 Å². The summed E-state index contributed by atoms with van der Waals surface area (Å²) in [6.07, 6.45) is 0.190. The summed E-state index contributed by atoms with van der Waals surface area (Å²) in [5.74, 6) is 1.52. The zero-order valence-corrected chi connectivity index (χ0v) is 11.6. The first kappa shape index (κ1) is 11.9. The lowest BCUT2D eigenvalue weighted by Gasteiger charge is -2.04. The molecular weight excluding hydrogens is 288 g/mol. The van der Waals surface area contributed by atoms with Crippen molar-refractivity contribution >= 4 is 27.3 Å². The Labute approximate surface area is 107 Å². The SMILES string of the molecule is CCc1ccc(C(O)c2cc(C)c(Br)s2)o1. The van der Waals surface area contributed by atoms with E-state index in [2.05, 4.69) is 15.9 Å². The number of furan rings is 1. The average molecular weight is 301 g/mol. The predicted molar refractivity (Wildman–Crippen MR) is 68.9 cm³/mol. The largest absolute Gasteiger partial charge is 0.463 e. The molecule has 0 spiro atoms. The maximum Gasteiger partial charge on any atom is 0.146 e. The zero-order chi connectivity index (χ0) is 11.7. The fourth-order valence-electron chi connectivity index (χ4n) is 1.49. The first-order valence-corrected chi connectivity index (χ1v) is 6.75. The maximum atomic E-state index is 10.1. The van der Waals surface area contributed by atoms with Crippen molar-refractivity contribution in [1.82, 2.24) is 0 Å².